The maximum Gasteiger partial charge on any atom is 0.0586 e. The fraction of sp³-hybridized carbons (Fsp3) is 1.00. The van der Waals surface area contributed by atoms with Crippen LogP contribution >= 0.6 is 7.26 Å². The molecule has 0 atom stereocenters. The normalized spacial score (nSPS) is 12.0. The van der Waals surface area contributed by atoms with E-state index in [0.29, 0.717) is 6.61 Å². The summed E-state index contributed by atoms with van der Waals surface area (Å²) in [4.78, 5) is 0. The Kier molecular flexibility index (Phi) is 6.18. The van der Waals surface area contributed by atoms with Gasteiger partial charge in [-0.25, -0.2) is 0 Å². The van der Waals surface area contributed by atoms with E-state index in [0.717, 1.165) is 6.42 Å². The van der Waals surface area contributed by atoms with Gasteiger partial charge in [0, 0.05) is 33.9 Å². The number of rotatable bonds is 6. The molecule has 1 N–H and O–H groups in total. The summed E-state index contributed by atoms with van der Waals surface area (Å²) in [6.45, 7) is 7.53. The molecule has 68 valence electrons. The summed E-state index contributed by atoms with van der Waals surface area (Å²) < 4.78 is 0. The second kappa shape index (κ2) is 5.97. The van der Waals surface area contributed by atoms with Crippen molar-refractivity contribution < 1.29 is 5.11 Å². The topological polar surface area (TPSA) is 20.2 Å². The smallest absolute Gasteiger partial charge is 0.0586 e. The van der Waals surface area contributed by atoms with Crippen molar-refractivity contribution in [2.24, 2.45) is 0 Å². The van der Waals surface area contributed by atoms with E-state index in [4.69, 9.17) is 5.11 Å². The number of unbranched alkanes of at least 4 members (excludes halogenated alkanes) is 3. The quantitative estimate of drug-likeness (QED) is 0.488. The zero-order valence-electron chi connectivity index (χ0n) is 8.14. The molecule has 2 heteroatoms. The van der Waals surface area contributed by atoms with Gasteiger partial charge in [-0.15, -0.1) is 0 Å². The molecule has 0 unspecified atom stereocenters. The standard InChI is InChI=1S/C9H22OP/c1-11(2,3)9-7-5-4-6-8-10/h10H,4-9H2,1-3H3/q+1. The fourth-order valence-electron chi connectivity index (χ4n) is 1.05. The van der Waals surface area contributed by atoms with E-state index in [1.54, 1.807) is 0 Å². The third kappa shape index (κ3) is 10.4. The van der Waals surface area contributed by atoms with E-state index < -0.39 is 7.26 Å². The molecule has 11 heavy (non-hydrogen) atoms. The average Bonchev–Trinajstić information content (AvgIpc) is 1.85. The molecular formula is C9H22OP+. The van der Waals surface area contributed by atoms with Crippen LogP contribution in [0.3, 0.4) is 0 Å². The first kappa shape index (κ1) is 11.4. The van der Waals surface area contributed by atoms with E-state index in [1.807, 2.05) is 0 Å². The monoisotopic (exact) mass is 177 g/mol. The molecule has 0 bridgehead atoms. The van der Waals surface area contributed by atoms with Gasteiger partial charge >= 0.3 is 0 Å². The van der Waals surface area contributed by atoms with Crippen molar-refractivity contribution in [3.63, 3.8) is 0 Å². The molecule has 0 aromatic rings. The fourth-order valence-corrected chi connectivity index (χ4v) is 2.22. The first-order chi connectivity index (χ1) is 5.06. The first-order valence-corrected chi connectivity index (χ1v) is 7.79. The molecule has 0 heterocycles. The molecule has 0 rings (SSSR count). The summed E-state index contributed by atoms with van der Waals surface area (Å²) in [5, 5.41) is 8.53. The second-order valence-corrected chi connectivity index (χ2v) is 9.18. The summed E-state index contributed by atoms with van der Waals surface area (Å²) in [6.07, 6.45) is 6.27. The Morgan fingerprint density at radius 3 is 1.91 bits per heavy atom. The number of aliphatic hydroxyl groups excluding tert-OH is 1. The molecule has 0 aromatic carbocycles. The maximum absolute atomic E-state index is 8.53. The highest BCUT2D eigenvalue weighted by Gasteiger charge is 2.15. The van der Waals surface area contributed by atoms with Crippen molar-refractivity contribution in [3.05, 3.63) is 0 Å². The largest absolute Gasteiger partial charge is 0.396 e. The van der Waals surface area contributed by atoms with Crippen molar-refractivity contribution in [3.8, 4) is 0 Å². The lowest BCUT2D eigenvalue weighted by molar-refractivity contribution is 0.283. The number of aliphatic hydroxyl groups is 1. The third-order valence-electron chi connectivity index (χ3n) is 1.74. The van der Waals surface area contributed by atoms with Crippen LogP contribution in [0.25, 0.3) is 0 Å². The minimum atomic E-state index is -0.527. The van der Waals surface area contributed by atoms with Gasteiger partial charge in [0.1, 0.15) is 0 Å². The van der Waals surface area contributed by atoms with Gasteiger partial charge in [0.2, 0.25) is 0 Å². The lowest BCUT2D eigenvalue weighted by Gasteiger charge is -2.10. The molecule has 0 amide bonds. The Morgan fingerprint density at radius 1 is 0.909 bits per heavy atom. The van der Waals surface area contributed by atoms with Gasteiger partial charge in [-0.2, -0.15) is 0 Å². The summed E-state index contributed by atoms with van der Waals surface area (Å²) in [5.74, 6) is 0. The van der Waals surface area contributed by atoms with E-state index in [-0.39, 0.29) is 0 Å². The van der Waals surface area contributed by atoms with Gasteiger partial charge in [-0.05, 0) is 19.3 Å². The van der Waals surface area contributed by atoms with Crippen molar-refractivity contribution in [2.75, 3.05) is 32.8 Å². The molecule has 0 saturated heterocycles. The molecule has 0 fully saturated rings. The minimum absolute atomic E-state index is 0.366. The second-order valence-electron chi connectivity index (χ2n) is 4.15. The Labute approximate surface area is 71.5 Å². The van der Waals surface area contributed by atoms with Gasteiger partial charge in [-0.3, -0.25) is 0 Å². The molecule has 1 nitrogen and oxygen atoms in total. The van der Waals surface area contributed by atoms with Crippen LogP contribution in [0.15, 0.2) is 0 Å². The average molecular weight is 177 g/mol. The Hall–Kier alpha value is 0.390. The molecule has 0 radical (unpaired) electrons. The van der Waals surface area contributed by atoms with Crippen LogP contribution in [0.1, 0.15) is 25.7 Å². The van der Waals surface area contributed by atoms with E-state index in [2.05, 4.69) is 20.0 Å². The molecule has 0 aliphatic heterocycles. The first-order valence-electron chi connectivity index (χ1n) is 4.47. The zero-order chi connectivity index (χ0) is 8.74. The Balaban J connectivity index is 3.02. The minimum Gasteiger partial charge on any atom is -0.396 e. The molecule has 0 saturated carbocycles. The SMILES string of the molecule is C[P+](C)(C)CCCCCCO. The van der Waals surface area contributed by atoms with Crippen LogP contribution < -0.4 is 0 Å². The molecule has 0 aromatic heterocycles. The Morgan fingerprint density at radius 2 is 1.45 bits per heavy atom. The zero-order valence-corrected chi connectivity index (χ0v) is 9.03. The van der Waals surface area contributed by atoms with Crippen molar-refractivity contribution >= 4 is 7.26 Å². The number of hydrogen-bond acceptors (Lipinski definition) is 1. The number of hydrogen-bond donors (Lipinski definition) is 1. The summed E-state index contributed by atoms with van der Waals surface area (Å²) >= 11 is 0. The van der Waals surface area contributed by atoms with E-state index in [9.17, 15) is 0 Å². The lowest BCUT2D eigenvalue weighted by Crippen LogP contribution is -1.93. The predicted molar refractivity (Wildman–Crippen MR) is 55.1 cm³/mol. The van der Waals surface area contributed by atoms with E-state index >= 15 is 0 Å². The van der Waals surface area contributed by atoms with Crippen LogP contribution in [0.4, 0.5) is 0 Å². The molecular weight excluding hydrogens is 155 g/mol. The van der Waals surface area contributed by atoms with Gasteiger partial charge in [-0.1, -0.05) is 6.42 Å². The van der Waals surface area contributed by atoms with Crippen LogP contribution in [0.2, 0.25) is 0 Å². The highest BCUT2D eigenvalue weighted by Crippen LogP contribution is 2.47. The maximum atomic E-state index is 8.53. The highest BCUT2D eigenvalue weighted by atomic mass is 31.2. The molecule has 0 spiro atoms. The molecule has 0 aliphatic rings. The van der Waals surface area contributed by atoms with Crippen LogP contribution in [-0.2, 0) is 0 Å². The highest BCUT2D eigenvalue weighted by molar-refractivity contribution is 7.73. The van der Waals surface area contributed by atoms with Crippen LogP contribution in [0.5, 0.6) is 0 Å². The van der Waals surface area contributed by atoms with Gasteiger partial charge in [0.15, 0.2) is 0 Å². The van der Waals surface area contributed by atoms with Crippen molar-refractivity contribution in [1.29, 1.82) is 0 Å². The van der Waals surface area contributed by atoms with Gasteiger partial charge in [0.05, 0.1) is 6.16 Å². The third-order valence-corrected chi connectivity index (χ3v) is 3.39. The molecule has 0 aliphatic carbocycles. The summed E-state index contributed by atoms with van der Waals surface area (Å²) in [7, 11) is -0.527. The summed E-state index contributed by atoms with van der Waals surface area (Å²) in [6, 6.07) is 0. The Bertz CT molecular complexity index is 86.1. The van der Waals surface area contributed by atoms with E-state index in [1.165, 1.54) is 25.4 Å². The van der Waals surface area contributed by atoms with Gasteiger partial charge < -0.3 is 5.11 Å². The van der Waals surface area contributed by atoms with Gasteiger partial charge in [0.25, 0.3) is 0 Å². The van der Waals surface area contributed by atoms with Crippen molar-refractivity contribution in [2.45, 2.75) is 25.7 Å². The lowest BCUT2D eigenvalue weighted by atomic mass is 10.2. The van der Waals surface area contributed by atoms with Crippen LogP contribution in [0, 0.1) is 0 Å². The predicted octanol–water partition coefficient (Wildman–Crippen LogP) is 2.45. The van der Waals surface area contributed by atoms with Crippen LogP contribution in [-0.4, -0.2) is 37.9 Å². The van der Waals surface area contributed by atoms with Crippen molar-refractivity contribution in [1.82, 2.24) is 0 Å². The summed E-state index contributed by atoms with van der Waals surface area (Å²) in [5.41, 5.74) is 0.